The average Bonchev–Trinajstić information content (AvgIpc) is 2.78. The molecule has 0 aliphatic carbocycles. The van der Waals surface area contributed by atoms with E-state index in [1.807, 2.05) is 29.1 Å². The minimum Gasteiger partial charge on any atom is -0.309 e. The summed E-state index contributed by atoms with van der Waals surface area (Å²) in [7, 11) is 4.18. The summed E-state index contributed by atoms with van der Waals surface area (Å²) in [5.41, 5.74) is 2.33. The minimum absolute atomic E-state index is 0.793. The van der Waals surface area contributed by atoms with Crippen LogP contribution in [0.25, 0.3) is 0 Å². The molecule has 18 heavy (non-hydrogen) atoms. The Labute approximate surface area is 108 Å². The molecule has 0 radical (unpaired) electrons. The highest BCUT2D eigenvalue weighted by Gasteiger charge is 2.01. The van der Waals surface area contributed by atoms with Gasteiger partial charge in [0, 0.05) is 6.20 Å². The molecule has 0 fully saturated rings. The van der Waals surface area contributed by atoms with Gasteiger partial charge in [-0.25, -0.2) is 4.68 Å². The van der Waals surface area contributed by atoms with Crippen LogP contribution in [0.4, 0.5) is 0 Å². The Morgan fingerprint density at radius 1 is 1.17 bits per heavy atom. The first-order valence-electron chi connectivity index (χ1n) is 6.32. The monoisotopic (exact) mass is 244 g/mol. The van der Waals surface area contributed by atoms with Crippen LogP contribution in [0.5, 0.6) is 0 Å². The normalized spacial score (nSPS) is 11.1. The molecule has 1 aromatic carbocycles. The molecule has 0 saturated heterocycles. The lowest BCUT2D eigenvalue weighted by molar-refractivity contribution is 0.399. The van der Waals surface area contributed by atoms with Gasteiger partial charge in [-0.15, -0.1) is 5.10 Å². The Balaban J connectivity index is 1.86. The molecule has 0 amide bonds. The van der Waals surface area contributed by atoms with Gasteiger partial charge in [0.2, 0.25) is 0 Å². The number of rotatable bonds is 6. The first-order valence-corrected chi connectivity index (χ1v) is 6.32. The number of benzene rings is 1. The molecule has 0 aliphatic heterocycles. The van der Waals surface area contributed by atoms with Gasteiger partial charge >= 0.3 is 0 Å². The fourth-order valence-corrected chi connectivity index (χ4v) is 1.88. The van der Waals surface area contributed by atoms with E-state index in [-0.39, 0.29) is 0 Å². The lowest BCUT2D eigenvalue weighted by Crippen LogP contribution is -2.13. The summed E-state index contributed by atoms with van der Waals surface area (Å²) in [4.78, 5) is 2.19. The van der Waals surface area contributed by atoms with Gasteiger partial charge in [-0.1, -0.05) is 35.5 Å². The lowest BCUT2D eigenvalue weighted by atomic mass is 10.2. The van der Waals surface area contributed by atoms with Crippen LogP contribution in [0.2, 0.25) is 0 Å². The number of hydrogen-bond donors (Lipinski definition) is 0. The summed E-state index contributed by atoms with van der Waals surface area (Å²) in [6.07, 6.45) is 4.16. The van der Waals surface area contributed by atoms with Crippen LogP contribution in [-0.2, 0) is 13.0 Å². The van der Waals surface area contributed by atoms with E-state index < -0.39 is 0 Å². The van der Waals surface area contributed by atoms with Crippen molar-refractivity contribution in [1.29, 1.82) is 0 Å². The molecule has 1 heterocycles. The molecule has 0 unspecified atom stereocenters. The van der Waals surface area contributed by atoms with Crippen LogP contribution >= 0.6 is 0 Å². The first kappa shape index (κ1) is 12.8. The van der Waals surface area contributed by atoms with Crippen LogP contribution in [0.15, 0.2) is 36.5 Å². The van der Waals surface area contributed by atoms with Crippen LogP contribution in [0.1, 0.15) is 17.7 Å². The Hall–Kier alpha value is -1.68. The molecule has 2 aromatic rings. The highest BCUT2D eigenvalue weighted by atomic mass is 15.4. The molecule has 0 N–H and O–H groups in total. The van der Waals surface area contributed by atoms with Crippen LogP contribution in [0, 0.1) is 0 Å². The maximum atomic E-state index is 4.20. The van der Waals surface area contributed by atoms with Crippen LogP contribution < -0.4 is 0 Å². The van der Waals surface area contributed by atoms with Crippen molar-refractivity contribution in [2.24, 2.45) is 0 Å². The van der Waals surface area contributed by atoms with E-state index in [0.717, 1.165) is 31.6 Å². The van der Waals surface area contributed by atoms with E-state index in [9.17, 15) is 0 Å². The molecule has 0 saturated carbocycles. The van der Waals surface area contributed by atoms with Gasteiger partial charge in [0.25, 0.3) is 0 Å². The summed E-state index contributed by atoms with van der Waals surface area (Å²) in [6.45, 7) is 1.88. The van der Waals surface area contributed by atoms with Crippen molar-refractivity contribution >= 4 is 0 Å². The Kier molecular flexibility index (Phi) is 4.47. The molecule has 1 aromatic heterocycles. The van der Waals surface area contributed by atoms with E-state index in [2.05, 4.69) is 41.4 Å². The van der Waals surface area contributed by atoms with Gasteiger partial charge in [-0.05, 0) is 39.0 Å². The number of aryl methyl sites for hydroxylation is 1. The van der Waals surface area contributed by atoms with Crippen molar-refractivity contribution in [2.45, 2.75) is 19.4 Å². The molecule has 4 heteroatoms. The Bertz CT molecular complexity index is 462. The van der Waals surface area contributed by atoms with Crippen molar-refractivity contribution in [3.05, 3.63) is 47.8 Å². The third-order valence-corrected chi connectivity index (χ3v) is 2.81. The van der Waals surface area contributed by atoms with Gasteiger partial charge in [0.15, 0.2) is 0 Å². The topological polar surface area (TPSA) is 34.0 Å². The van der Waals surface area contributed by atoms with Crippen LogP contribution in [0.3, 0.4) is 0 Å². The van der Waals surface area contributed by atoms with Gasteiger partial charge in [0.05, 0.1) is 12.2 Å². The molecular formula is C14H20N4. The number of nitrogens with zero attached hydrogens (tertiary/aromatic N) is 4. The summed E-state index contributed by atoms with van der Waals surface area (Å²) >= 11 is 0. The summed E-state index contributed by atoms with van der Waals surface area (Å²) in [5, 5.41) is 8.37. The zero-order valence-electron chi connectivity index (χ0n) is 11.1. The van der Waals surface area contributed by atoms with Gasteiger partial charge in [-0.3, -0.25) is 0 Å². The van der Waals surface area contributed by atoms with E-state index in [1.165, 1.54) is 5.56 Å². The second kappa shape index (κ2) is 6.31. The van der Waals surface area contributed by atoms with Crippen molar-refractivity contribution in [1.82, 2.24) is 19.9 Å². The lowest BCUT2D eigenvalue weighted by Gasteiger charge is -2.06. The fraction of sp³-hybridized carbons (Fsp3) is 0.429. The minimum atomic E-state index is 0.793. The fourth-order valence-electron chi connectivity index (χ4n) is 1.88. The maximum Gasteiger partial charge on any atom is 0.0827 e. The Morgan fingerprint density at radius 3 is 2.67 bits per heavy atom. The van der Waals surface area contributed by atoms with Crippen molar-refractivity contribution in [2.75, 3.05) is 20.6 Å². The highest BCUT2D eigenvalue weighted by molar-refractivity contribution is 5.14. The third-order valence-electron chi connectivity index (χ3n) is 2.81. The largest absolute Gasteiger partial charge is 0.309 e. The van der Waals surface area contributed by atoms with E-state index >= 15 is 0 Å². The van der Waals surface area contributed by atoms with Gasteiger partial charge < -0.3 is 4.90 Å². The summed E-state index contributed by atoms with van der Waals surface area (Å²) in [5.74, 6) is 0. The molecule has 0 spiro atoms. The zero-order valence-corrected chi connectivity index (χ0v) is 11.1. The van der Waals surface area contributed by atoms with Crippen molar-refractivity contribution < 1.29 is 0 Å². The molecule has 0 aliphatic rings. The Morgan fingerprint density at radius 2 is 1.94 bits per heavy atom. The van der Waals surface area contributed by atoms with E-state index in [4.69, 9.17) is 0 Å². The predicted octanol–water partition coefficient (Wildman–Crippen LogP) is 1.82. The zero-order chi connectivity index (χ0) is 12.8. The second-order valence-electron chi connectivity index (χ2n) is 4.80. The summed E-state index contributed by atoms with van der Waals surface area (Å²) < 4.78 is 1.90. The molecular weight excluding hydrogens is 224 g/mol. The van der Waals surface area contributed by atoms with Gasteiger partial charge in [-0.2, -0.15) is 0 Å². The standard InChI is InChI=1S/C14H20N4/c1-17(2)10-6-9-14-12-18(16-15-14)11-13-7-4-3-5-8-13/h3-5,7-8,12H,6,9-11H2,1-2H3. The number of aromatic nitrogens is 3. The SMILES string of the molecule is CN(C)CCCc1cn(Cc2ccccc2)nn1. The van der Waals surface area contributed by atoms with Gasteiger partial charge in [0.1, 0.15) is 0 Å². The van der Waals surface area contributed by atoms with Crippen molar-refractivity contribution in [3.63, 3.8) is 0 Å². The van der Waals surface area contributed by atoms with E-state index in [1.54, 1.807) is 0 Å². The first-order chi connectivity index (χ1) is 8.74. The molecule has 2 rings (SSSR count). The maximum absolute atomic E-state index is 4.20. The smallest absolute Gasteiger partial charge is 0.0827 e. The third kappa shape index (κ3) is 3.96. The highest BCUT2D eigenvalue weighted by Crippen LogP contribution is 2.03. The second-order valence-corrected chi connectivity index (χ2v) is 4.80. The predicted molar refractivity (Wildman–Crippen MR) is 72.4 cm³/mol. The van der Waals surface area contributed by atoms with Crippen LogP contribution in [-0.4, -0.2) is 40.5 Å². The molecule has 96 valence electrons. The quantitative estimate of drug-likeness (QED) is 0.777. The average molecular weight is 244 g/mol. The molecule has 4 nitrogen and oxygen atoms in total. The molecule has 0 atom stereocenters. The number of hydrogen-bond acceptors (Lipinski definition) is 3. The molecule has 0 bridgehead atoms. The summed E-state index contributed by atoms with van der Waals surface area (Å²) in [6, 6.07) is 10.3. The van der Waals surface area contributed by atoms with Crippen molar-refractivity contribution in [3.8, 4) is 0 Å². The van der Waals surface area contributed by atoms with E-state index in [0.29, 0.717) is 0 Å².